The van der Waals surface area contributed by atoms with Gasteiger partial charge in [-0.05, 0) is 53.0 Å². The van der Waals surface area contributed by atoms with Gasteiger partial charge in [-0.25, -0.2) is 4.98 Å². The van der Waals surface area contributed by atoms with E-state index in [0.29, 0.717) is 0 Å². The molecule has 5 nitrogen and oxygen atoms in total. The summed E-state index contributed by atoms with van der Waals surface area (Å²) in [5.74, 6) is 0.976. The summed E-state index contributed by atoms with van der Waals surface area (Å²) < 4.78 is 1.90. The average molecular weight is 358 g/mol. The minimum Gasteiger partial charge on any atom is -0.370 e. The van der Waals surface area contributed by atoms with Crippen molar-refractivity contribution >= 4 is 23.1 Å². The number of hydrogen-bond donors (Lipinski definition) is 1. The fourth-order valence-corrected chi connectivity index (χ4v) is 2.99. The number of nitrogens with one attached hydrogen (secondary N) is 1. The van der Waals surface area contributed by atoms with Gasteiger partial charge in [-0.1, -0.05) is 23.7 Å². The molecule has 0 fully saturated rings. The highest BCUT2D eigenvalue weighted by molar-refractivity contribution is 6.30. The molecule has 0 saturated heterocycles. The monoisotopic (exact) mass is 357 g/mol. The second-order valence-electron chi connectivity index (χ2n) is 6.58. The van der Waals surface area contributed by atoms with Crippen LogP contribution in [0.15, 0.2) is 30.3 Å². The van der Waals surface area contributed by atoms with Crippen LogP contribution in [0.3, 0.4) is 0 Å². The Labute approximate surface area is 153 Å². The van der Waals surface area contributed by atoms with Crippen molar-refractivity contribution in [2.75, 3.05) is 32.5 Å². The van der Waals surface area contributed by atoms with E-state index < -0.39 is 0 Å². The third-order valence-corrected chi connectivity index (χ3v) is 4.41. The molecule has 0 radical (unpaired) electrons. The minimum atomic E-state index is 0.724. The van der Waals surface area contributed by atoms with Crippen LogP contribution >= 0.6 is 11.6 Å². The first-order chi connectivity index (χ1) is 12.0. The predicted molar refractivity (Wildman–Crippen MR) is 105 cm³/mol. The number of fused-ring (bicyclic) bond motifs is 1. The summed E-state index contributed by atoms with van der Waals surface area (Å²) in [5, 5.41) is 9.03. The molecule has 0 aliphatic carbocycles. The van der Waals surface area contributed by atoms with Crippen molar-refractivity contribution in [2.24, 2.45) is 0 Å². The molecule has 0 aliphatic rings. The Morgan fingerprint density at radius 1 is 1.16 bits per heavy atom. The molecule has 3 aromatic rings. The lowest BCUT2D eigenvalue weighted by atomic mass is 10.1. The topological polar surface area (TPSA) is 45.5 Å². The van der Waals surface area contributed by atoms with E-state index in [4.69, 9.17) is 16.7 Å². The summed E-state index contributed by atoms with van der Waals surface area (Å²) in [6.45, 7) is 6.02. The summed E-state index contributed by atoms with van der Waals surface area (Å²) >= 11 is 6.01. The van der Waals surface area contributed by atoms with Crippen molar-refractivity contribution in [1.82, 2.24) is 19.5 Å². The second kappa shape index (κ2) is 7.42. The Kier molecular flexibility index (Phi) is 5.25. The maximum atomic E-state index is 6.01. The molecular formula is C19H24ClN5. The smallest absolute Gasteiger partial charge is 0.161 e. The number of halogens is 1. The van der Waals surface area contributed by atoms with Gasteiger partial charge in [0.15, 0.2) is 5.65 Å². The summed E-state index contributed by atoms with van der Waals surface area (Å²) in [5.41, 5.74) is 4.92. The van der Waals surface area contributed by atoms with Crippen LogP contribution in [-0.4, -0.2) is 46.7 Å². The van der Waals surface area contributed by atoms with Gasteiger partial charge in [0.1, 0.15) is 5.82 Å². The molecule has 0 saturated carbocycles. The first kappa shape index (κ1) is 17.7. The molecule has 2 aromatic heterocycles. The summed E-state index contributed by atoms with van der Waals surface area (Å²) in [4.78, 5) is 6.87. The van der Waals surface area contributed by atoms with E-state index in [1.165, 1.54) is 0 Å². The van der Waals surface area contributed by atoms with Gasteiger partial charge in [-0.15, -0.1) is 0 Å². The zero-order valence-electron chi connectivity index (χ0n) is 15.2. The van der Waals surface area contributed by atoms with Gasteiger partial charge in [-0.3, -0.25) is 0 Å². The molecule has 0 unspecified atom stereocenters. The highest BCUT2D eigenvalue weighted by Gasteiger charge is 2.15. The molecule has 3 rings (SSSR count). The predicted octanol–water partition coefficient (Wildman–Crippen LogP) is 4.03. The van der Waals surface area contributed by atoms with Crippen LogP contribution in [0.1, 0.15) is 17.7 Å². The third-order valence-electron chi connectivity index (χ3n) is 4.15. The number of rotatable bonds is 6. The highest BCUT2D eigenvalue weighted by atomic mass is 35.5. The van der Waals surface area contributed by atoms with Crippen molar-refractivity contribution in [3.05, 3.63) is 46.6 Å². The van der Waals surface area contributed by atoms with Crippen LogP contribution in [0.5, 0.6) is 0 Å². The highest BCUT2D eigenvalue weighted by Crippen LogP contribution is 2.27. The second-order valence-corrected chi connectivity index (χ2v) is 7.02. The lowest BCUT2D eigenvalue weighted by Crippen LogP contribution is -2.17. The van der Waals surface area contributed by atoms with Crippen molar-refractivity contribution in [2.45, 2.75) is 20.3 Å². The van der Waals surface area contributed by atoms with Gasteiger partial charge in [-0.2, -0.15) is 9.61 Å². The number of anilines is 1. The van der Waals surface area contributed by atoms with Crippen LogP contribution < -0.4 is 5.32 Å². The van der Waals surface area contributed by atoms with Gasteiger partial charge in [0.25, 0.3) is 0 Å². The summed E-state index contributed by atoms with van der Waals surface area (Å²) in [6.07, 6.45) is 1.07. The number of benzene rings is 1. The molecule has 6 heteroatoms. The first-order valence-corrected chi connectivity index (χ1v) is 8.85. The van der Waals surface area contributed by atoms with Crippen LogP contribution in [0.25, 0.3) is 16.9 Å². The summed E-state index contributed by atoms with van der Waals surface area (Å²) in [7, 11) is 4.17. The van der Waals surface area contributed by atoms with E-state index in [2.05, 4.69) is 36.2 Å². The van der Waals surface area contributed by atoms with Gasteiger partial charge < -0.3 is 10.2 Å². The van der Waals surface area contributed by atoms with Crippen molar-refractivity contribution in [3.8, 4) is 11.3 Å². The van der Waals surface area contributed by atoms with Crippen LogP contribution in [-0.2, 0) is 0 Å². The largest absolute Gasteiger partial charge is 0.370 e. The zero-order chi connectivity index (χ0) is 18.0. The van der Waals surface area contributed by atoms with E-state index in [-0.39, 0.29) is 0 Å². The molecule has 0 spiro atoms. The van der Waals surface area contributed by atoms with E-state index in [9.17, 15) is 0 Å². The molecule has 0 aliphatic heterocycles. The van der Waals surface area contributed by atoms with Gasteiger partial charge >= 0.3 is 0 Å². The van der Waals surface area contributed by atoms with Gasteiger partial charge in [0, 0.05) is 34.5 Å². The number of aryl methyl sites for hydroxylation is 2. The van der Waals surface area contributed by atoms with E-state index >= 15 is 0 Å². The van der Waals surface area contributed by atoms with Crippen LogP contribution in [0, 0.1) is 13.8 Å². The lowest BCUT2D eigenvalue weighted by Gasteiger charge is -2.12. The summed E-state index contributed by atoms with van der Waals surface area (Å²) in [6, 6.07) is 9.81. The maximum Gasteiger partial charge on any atom is 0.161 e. The van der Waals surface area contributed by atoms with E-state index in [1.807, 2.05) is 41.8 Å². The number of aromatic nitrogens is 3. The molecule has 0 amide bonds. The number of hydrogen-bond acceptors (Lipinski definition) is 4. The molecule has 1 aromatic carbocycles. The molecule has 2 heterocycles. The lowest BCUT2D eigenvalue weighted by molar-refractivity contribution is 0.405. The van der Waals surface area contributed by atoms with Crippen LogP contribution in [0.4, 0.5) is 5.82 Å². The molecule has 0 bridgehead atoms. The minimum absolute atomic E-state index is 0.724. The Morgan fingerprint density at radius 3 is 2.56 bits per heavy atom. The Morgan fingerprint density at radius 2 is 1.88 bits per heavy atom. The van der Waals surface area contributed by atoms with E-state index in [1.54, 1.807) is 0 Å². The maximum absolute atomic E-state index is 6.01. The van der Waals surface area contributed by atoms with Crippen molar-refractivity contribution in [1.29, 1.82) is 0 Å². The Hall–Kier alpha value is -2.11. The average Bonchev–Trinajstić information content (AvgIpc) is 2.89. The first-order valence-electron chi connectivity index (χ1n) is 8.47. The molecule has 0 atom stereocenters. The molecule has 1 N–H and O–H groups in total. The molecule has 25 heavy (non-hydrogen) atoms. The number of nitrogens with zero attached hydrogens (tertiary/aromatic N) is 4. The quantitative estimate of drug-likeness (QED) is 0.676. The Bertz CT molecular complexity index is 868. The van der Waals surface area contributed by atoms with Crippen molar-refractivity contribution in [3.63, 3.8) is 0 Å². The van der Waals surface area contributed by atoms with Gasteiger partial charge in [0.2, 0.25) is 0 Å². The SMILES string of the molecule is Cc1cc(NCCCN(C)C)n2nc(-c3ccc(Cl)cc3)c(C)c2n1. The normalized spacial score (nSPS) is 11.4. The Balaban J connectivity index is 1.95. The molecular weight excluding hydrogens is 334 g/mol. The zero-order valence-corrected chi connectivity index (χ0v) is 15.9. The fraction of sp³-hybridized carbons (Fsp3) is 0.368. The van der Waals surface area contributed by atoms with Crippen molar-refractivity contribution < 1.29 is 0 Å². The standard InChI is InChI=1S/C19H24ClN5/c1-13-12-17(21-10-5-11-24(3)4)25-19(22-13)14(2)18(23-25)15-6-8-16(20)9-7-15/h6-9,12,21H,5,10-11H2,1-4H3. The third kappa shape index (κ3) is 3.94. The van der Waals surface area contributed by atoms with Crippen LogP contribution in [0.2, 0.25) is 5.02 Å². The fourth-order valence-electron chi connectivity index (χ4n) is 2.86. The van der Waals surface area contributed by atoms with E-state index in [0.717, 1.165) is 58.5 Å². The molecule has 132 valence electrons. The van der Waals surface area contributed by atoms with Gasteiger partial charge in [0.05, 0.1) is 5.69 Å².